The van der Waals surface area contributed by atoms with Crippen molar-refractivity contribution in [2.75, 3.05) is 33.9 Å². The number of nitrogens with one attached hydrogen (secondary N) is 1. The molecule has 1 N–H and O–H groups in total. The Balaban J connectivity index is 1.41. The molecule has 1 aliphatic heterocycles. The van der Waals surface area contributed by atoms with E-state index in [1.165, 1.54) is 17.6 Å². The Morgan fingerprint density at radius 2 is 1.92 bits per heavy atom. The lowest BCUT2D eigenvalue weighted by Crippen LogP contribution is -2.42. The van der Waals surface area contributed by atoms with Crippen molar-refractivity contribution in [1.82, 2.24) is 14.7 Å². The van der Waals surface area contributed by atoms with Crippen molar-refractivity contribution in [3.05, 3.63) is 62.9 Å². The first-order chi connectivity index (χ1) is 17.7. The SMILES string of the molecule is COSN(C)NC(=O)c1cc(C2CC2)c(OCC2(C#N)CCN(Cc3cc(Cl)cc(Cl)c3)CC2)cc1F. The van der Waals surface area contributed by atoms with Gasteiger partial charge in [0.05, 0.1) is 24.2 Å². The Kier molecular flexibility index (Phi) is 9.22. The topological polar surface area (TPSA) is 77.8 Å². The predicted molar refractivity (Wildman–Crippen MR) is 143 cm³/mol. The van der Waals surface area contributed by atoms with Crippen molar-refractivity contribution >= 4 is 41.3 Å². The van der Waals surface area contributed by atoms with E-state index < -0.39 is 17.1 Å². The maximum absolute atomic E-state index is 15.0. The minimum atomic E-state index is -0.672. The molecule has 0 aromatic heterocycles. The van der Waals surface area contributed by atoms with Crippen molar-refractivity contribution in [3.8, 4) is 11.8 Å². The van der Waals surface area contributed by atoms with Gasteiger partial charge in [-0.25, -0.2) is 4.39 Å². The number of benzene rings is 2. The minimum absolute atomic E-state index is 0.0535. The number of hydrogen-bond donors (Lipinski definition) is 1. The predicted octanol–water partition coefficient (Wildman–Crippen LogP) is 5.98. The summed E-state index contributed by atoms with van der Waals surface area (Å²) in [5.41, 5.74) is 3.66. The van der Waals surface area contributed by atoms with Crippen LogP contribution in [0, 0.1) is 22.6 Å². The van der Waals surface area contributed by atoms with Gasteiger partial charge in [0.15, 0.2) is 0 Å². The van der Waals surface area contributed by atoms with E-state index in [2.05, 4.69) is 16.4 Å². The molecule has 198 valence electrons. The standard InChI is InChI=1S/C26H29Cl2FN4O3S/c1-32(37-35-2)31-25(34)22-12-21(18-3-4-18)24(13-23(22)29)36-16-26(15-30)5-7-33(8-6-26)14-17-9-19(27)11-20(28)10-17/h9-13,18H,3-8,14,16H2,1-2H3,(H,31,34). The number of piperidine rings is 1. The summed E-state index contributed by atoms with van der Waals surface area (Å²) in [7, 11) is 3.07. The van der Waals surface area contributed by atoms with Crippen molar-refractivity contribution in [1.29, 1.82) is 5.26 Å². The monoisotopic (exact) mass is 566 g/mol. The van der Waals surface area contributed by atoms with Gasteiger partial charge in [-0.1, -0.05) is 23.2 Å². The highest BCUT2D eigenvalue weighted by molar-refractivity contribution is 7.92. The summed E-state index contributed by atoms with van der Waals surface area (Å²) in [5, 5.41) is 11.2. The Morgan fingerprint density at radius 3 is 2.51 bits per heavy atom. The zero-order valence-corrected chi connectivity index (χ0v) is 23.1. The third-order valence-electron chi connectivity index (χ3n) is 6.69. The van der Waals surface area contributed by atoms with Crippen LogP contribution in [-0.4, -0.2) is 49.1 Å². The number of hydrazine groups is 1. The smallest absolute Gasteiger partial charge is 0.269 e. The lowest BCUT2D eigenvalue weighted by atomic mass is 9.80. The number of ether oxygens (including phenoxy) is 1. The summed E-state index contributed by atoms with van der Waals surface area (Å²) < 4.78 is 27.3. The van der Waals surface area contributed by atoms with E-state index in [-0.39, 0.29) is 18.1 Å². The minimum Gasteiger partial charge on any atom is -0.492 e. The van der Waals surface area contributed by atoms with Gasteiger partial charge in [0.2, 0.25) is 0 Å². The fraction of sp³-hybridized carbons (Fsp3) is 0.462. The van der Waals surface area contributed by atoms with Gasteiger partial charge < -0.3 is 8.92 Å². The van der Waals surface area contributed by atoms with Gasteiger partial charge in [0.25, 0.3) is 5.91 Å². The molecule has 2 fully saturated rings. The van der Waals surface area contributed by atoms with Crippen LogP contribution in [0.1, 0.15) is 53.1 Å². The Labute approximate surface area is 231 Å². The van der Waals surface area contributed by atoms with Gasteiger partial charge in [-0.15, -0.1) is 4.41 Å². The molecule has 0 spiro atoms. The van der Waals surface area contributed by atoms with Crippen LogP contribution in [-0.2, 0) is 10.7 Å². The lowest BCUT2D eigenvalue weighted by molar-refractivity contribution is 0.0888. The molecule has 0 unspecified atom stereocenters. The van der Waals surface area contributed by atoms with Crippen molar-refractivity contribution < 1.29 is 18.1 Å². The number of hydrogen-bond acceptors (Lipinski definition) is 7. The third-order valence-corrected chi connectivity index (χ3v) is 7.59. The first-order valence-electron chi connectivity index (χ1n) is 12.0. The van der Waals surface area contributed by atoms with Gasteiger partial charge in [-0.05, 0) is 67.0 Å². The molecule has 1 saturated carbocycles. The van der Waals surface area contributed by atoms with E-state index in [0.29, 0.717) is 35.2 Å². The van der Waals surface area contributed by atoms with Gasteiger partial charge in [0, 0.05) is 42.8 Å². The fourth-order valence-corrected chi connectivity index (χ4v) is 5.44. The Morgan fingerprint density at radius 1 is 1.24 bits per heavy atom. The second-order valence-electron chi connectivity index (χ2n) is 9.56. The molecule has 1 saturated heterocycles. The largest absolute Gasteiger partial charge is 0.492 e. The fourth-order valence-electron chi connectivity index (χ4n) is 4.52. The lowest BCUT2D eigenvalue weighted by Gasteiger charge is -2.37. The van der Waals surface area contributed by atoms with Gasteiger partial charge >= 0.3 is 0 Å². The first kappa shape index (κ1) is 28.0. The van der Waals surface area contributed by atoms with Crippen LogP contribution < -0.4 is 10.2 Å². The molecule has 4 rings (SSSR count). The second kappa shape index (κ2) is 12.2. The molecule has 0 atom stereocenters. The van der Waals surface area contributed by atoms with Crippen LogP contribution in [0.3, 0.4) is 0 Å². The van der Waals surface area contributed by atoms with E-state index in [9.17, 15) is 14.4 Å². The highest BCUT2D eigenvalue weighted by Crippen LogP contribution is 2.46. The average molecular weight is 568 g/mol. The van der Waals surface area contributed by atoms with E-state index in [0.717, 1.165) is 49.3 Å². The van der Waals surface area contributed by atoms with Crippen LogP contribution in [0.5, 0.6) is 5.75 Å². The maximum atomic E-state index is 15.0. The second-order valence-corrected chi connectivity index (χ2v) is 11.5. The molecule has 1 aliphatic carbocycles. The number of carbonyl (C=O) groups is 1. The molecule has 7 nitrogen and oxygen atoms in total. The third kappa shape index (κ3) is 7.29. The zero-order valence-electron chi connectivity index (χ0n) is 20.7. The van der Waals surface area contributed by atoms with E-state index in [1.807, 2.05) is 12.1 Å². The number of likely N-dealkylation sites (tertiary alicyclic amines) is 1. The number of amides is 1. The molecular formula is C26H29Cl2FN4O3S. The first-order valence-corrected chi connectivity index (χ1v) is 13.5. The molecule has 1 heterocycles. The normalized spacial score (nSPS) is 17.4. The molecule has 11 heteroatoms. The number of rotatable bonds is 10. The average Bonchev–Trinajstić information content (AvgIpc) is 3.69. The van der Waals surface area contributed by atoms with Crippen LogP contribution in [0.25, 0.3) is 0 Å². The van der Waals surface area contributed by atoms with Gasteiger partial charge in [0.1, 0.15) is 30.4 Å². The van der Waals surface area contributed by atoms with Crippen LogP contribution in [0.2, 0.25) is 10.0 Å². The van der Waals surface area contributed by atoms with Crippen molar-refractivity contribution in [2.45, 2.75) is 38.1 Å². The van der Waals surface area contributed by atoms with Gasteiger partial charge in [-0.3, -0.25) is 15.1 Å². The molecule has 0 radical (unpaired) electrons. The summed E-state index contributed by atoms with van der Waals surface area (Å²) in [6.07, 6.45) is 3.16. The maximum Gasteiger partial charge on any atom is 0.269 e. The van der Waals surface area contributed by atoms with E-state index in [4.69, 9.17) is 32.1 Å². The van der Waals surface area contributed by atoms with E-state index >= 15 is 0 Å². The quantitative estimate of drug-likeness (QED) is 0.215. The van der Waals surface area contributed by atoms with Crippen molar-refractivity contribution in [2.24, 2.45) is 5.41 Å². The number of nitrogens with zero attached hydrogens (tertiary/aromatic N) is 3. The molecule has 1 amide bonds. The summed E-state index contributed by atoms with van der Waals surface area (Å²) in [6.45, 7) is 2.30. The summed E-state index contributed by atoms with van der Waals surface area (Å²) in [6, 6.07) is 10.8. The highest BCUT2D eigenvalue weighted by Gasteiger charge is 2.37. The van der Waals surface area contributed by atoms with E-state index in [1.54, 1.807) is 19.2 Å². The molecule has 2 aromatic rings. The van der Waals surface area contributed by atoms with Crippen molar-refractivity contribution in [3.63, 3.8) is 0 Å². The summed E-state index contributed by atoms with van der Waals surface area (Å²) in [5.74, 6) is -0.618. The zero-order chi connectivity index (χ0) is 26.6. The number of carbonyl (C=O) groups excluding carboxylic acids is 1. The van der Waals surface area contributed by atoms with Crippen LogP contribution >= 0.6 is 35.4 Å². The molecule has 2 aromatic carbocycles. The molecule has 37 heavy (non-hydrogen) atoms. The summed E-state index contributed by atoms with van der Waals surface area (Å²) >= 11 is 13.2. The number of nitriles is 1. The van der Waals surface area contributed by atoms with Gasteiger partial charge in [-0.2, -0.15) is 5.26 Å². The van der Waals surface area contributed by atoms with Crippen LogP contribution in [0.15, 0.2) is 30.3 Å². The highest BCUT2D eigenvalue weighted by atomic mass is 35.5. The Bertz CT molecular complexity index is 1160. The number of halogens is 3. The molecule has 2 aliphatic rings. The molecule has 0 bridgehead atoms. The summed E-state index contributed by atoms with van der Waals surface area (Å²) in [4.78, 5) is 14.9. The Hall–Kier alpha value is -2.06. The molecular weight excluding hydrogens is 538 g/mol. The van der Waals surface area contributed by atoms with Crippen LogP contribution in [0.4, 0.5) is 4.39 Å².